The molecule has 0 rings (SSSR count). The Labute approximate surface area is 51.8 Å². The predicted octanol–water partition coefficient (Wildman–Crippen LogP) is -3.87. The second-order valence-corrected chi connectivity index (χ2v) is 36.2. The summed E-state index contributed by atoms with van der Waals surface area (Å²) in [5.74, 6) is 0. The van der Waals surface area contributed by atoms with Crippen LogP contribution in [0.1, 0.15) is 0 Å². The number of hydrogen-bond acceptors (Lipinski definition) is 1. The van der Waals surface area contributed by atoms with E-state index in [0.717, 1.165) is 50.2 Å². The Hall–Kier alpha value is 1.59. The Morgan fingerprint density at radius 3 is 1.00 bits per heavy atom. The van der Waals surface area contributed by atoms with Crippen LogP contribution in [0.3, 0.4) is 0 Å². The van der Waals surface area contributed by atoms with Crippen LogP contribution in [0.15, 0.2) is 0 Å². The van der Waals surface area contributed by atoms with Crippen LogP contribution in [0.25, 0.3) is 0 Å². The van der Waals surface area contributed by atoms with Crippen molar-refractivity contribution in [3.63, 3.8) is 0 Å². The average molecular weight is 241 g/mol. The van der Waals surface area contributed by atoms with Crippen LogP contribution >= 0.6 is 0 Å². The molecule has 26 valence electrons. The molecular formula is H9Ge3N. The second kappa shape index (κ2) is 2.81. The quantitative estimate of drug-likeness (QED) is 0.392. The van der Waals surface area contributed by atoms with E-state index in [4.69, 9.17) is 0 Å². The van der Waals surface area contributed by atoms with Crippen molar-refractivity contribution >= 4 is 50.2 Å². The third-order valence-corrected chi connectivity index (χ3v) is 0. The summed E-state index contributed by atoms with van der Waals surface area (Å²) in [7, 11) is 0. The molecule has 1 nitrogen and oxygen atoms in total. The van der Waals surface area contributed by atoms with Gasteiger partial charge in [-0.05, 0) is 0 Å². The zero-order chi connectivity index (χ0) is 3.58. The molecule has 0 aromatic heterocycles. The Morgan fingerprint density at radius 1 is 1.00 bits per heavy atom. The Bertz CT molecular complexity index is 8.00. The van der Waals surface area contributed by atoms with Crippen molar-refractivity contribution in [2.75, 3.05) is 0 Å². The average Bonchev–Trinajstić information content (AvgIpc) is 0.811. The Kier molecular flexibility index (Phi) is 3.92. The van der Waals surface area contributed by atoms with Crippen molar-refractivity contribution in [3.05, 3.63) is 0 Å². The fourth-order valence-electron chi connectivity index (χ4n) is 0. The summed E-state index contributed by atoms with van der Waals surface area (Å²) in [6, 6.07) is 0. The summed E-state index contributed by atoms with van der Waals surface area (Å²) in [6.45, 7) is 0. The first-order valence-corrected chi connectivity index (χ1v) is 6.97. The molecule has 0 aliphatic carbocycles. The SMILES string of the molecule is [GeH3][N]([GeH3])[GeH3]. The van der Waals surface area contributed by atoms with Crippen molar-refractivity contribution in [1.82, 2.24) is 1.77 Å². The maximum atomic E-state index is 2.56. The van der Waals surface area contributed by atoms with E-state index in [0.29, 0.717) is 0 Å². The van der Waals surface area contributed by atoms with Gasteiger partial charge in [-0.15, -0.1) is 0 Å². The summed E-state index contributed by atoms with van der Waals surface area (Å²) >= 11 is 3.19. The third-order valence-electron chi connectivity index (χ3n) is 0. The van der Waals surface area contributed by atoms with E-state index >= 15 is 0 Å². The van der Waals surface area contributed by atoms with E-state index in [-0.39, 0.29) is 0 Å². The monoisotopic (exact) mass is 245 g/mol. The van der Waals surface area contributed by atoms with Gasteiger partial charge >= 0.3 is 52.0 Å². The molecule has 0 amide bonds. The summed E-state index contributed by atoms with van der Waals surface area (Å²) in [5.41, 5.74) is 0. The molecule has 0 atom stereocenters. The molecule has 0 aromatic rings. The standard InChI is InChI=1S/Ge3H9N/c1-4(2)3/h1-3H3. The van der Waals surface area contributed by atoms with Gasteiger partial charge in [-0.25, -0.2) is 0 Å². The predicted molar refractivity (Wildman–Crippen MR) is 31.7 cm³/mol. The van der Waals surface area contributed by atoms with Gasteiger partial charge in [0, 0.05) is 0 Å². The van der Waals surface area contributed by atoms with Gasteiger partial charge in [-0.3, -0.25) is 0 Å². The van der Waals surface area contributed by atoms with E-state index in [9.17, 15) is 0 Å². The second-order valence-electron chi connectivity index (χ2n) is 1.34. The zero-order valence-electron chi connectivity index (χ0n) is 3.45. The van der Waals surface area contributed by atoms with Crippen molar-refractivity contribution in [3.8, 4) is 0 Å². The van der Waals surface area contributed by atoms with E-state index < -0.39 is 0 Å². The van der Waals surface area contributed by atoms with Crippen molar-refractivity contribution in [1.29, 1.82) is 0 Å². The fourth-order valence-corrected chi connectivity index (χ4v) is 0. The van der Waals surface area contributed by atoms with E-state index in [1.54, 1.807) is 0 Å². The molecule has 0 aliphatic heterocycles. The van der Waals surface area contributed by atoms with Gasteiger partial charge in [0.15, 0.2) is 0 Å². The topological polar surface area (TPSA) is 3.24 Å². The van der Waals surface area contributed by atoms with Crippen molar-refractivity contribution < 1.29 is 0 Å². The number of rotatable bonds is 0. The van der Waals surface area contributed by atoms with Crippen molar-refractivity contribution in [2.24, 2.45) is 0 Å². The number of nitrogens with zero attached hydrogens (tertiary/aromatic N) is 1. The van der Waals surface area contributed by atoms with Crippen LogP contribution in [-0.2, 0) is 0 Å². The van der Waals surface area contributed by atoms with Gasteiger partial charge in [0.05, 0.1) is 0 Å². The van der Waals surface area contributed by atoms with Gasteiger partial charge in [0.1, 0.15) is 0 Å². The van der Waals surface area contributed by atoms with Gasteiger partial charge in [0.2, 0.25) is 0 Å². The normalized spacial score (nSPS) is 11.2. The van der Waals surface area contributed by atoms with Crippen LogP contribution < -0.4 is 0 Å². The minimum absolute atomic E-state index is 1.06. The molecular weight excluding hydrogens is 232 g/mol. The molecule has 0 aliphatic rings. The molecule has 4 heteroatoms. The molecule has 0 N–H and O–H groups in total. The van der Waals surface area contributed by atoms with E-state index in [2.05, 4.69) is 1.77 Å². The molecule has 0 spiro atoms. The third kappa shape index (κ3) is 9.53. The van der Waals surface area contributed by atoms with Crippen LogP contribution in [0.4, 0.5) is 0 Å². The summed E-state index contributed by atoms with van der Waals surface area (Å²) < 4.78 is 2.56. The van der Waals surface area contributed by atoms with Crippen LogP contribution in [0.2, 0.25) is 0 Å². The van der Waals surface area contributed by atoms with Crippen LogP contribution in [0, 0.1) is 0 Å². The molecule has 0 saturated heterocycles. The van der Waals surface area contributed by atoms with E-state index in [1.807, 2.05) is 0 Å². The van der Waals surface area contributed by atoms with E-state index in [1.165, 1.54) is 0 Å². The van der Waals surface area contributed by atoms with Crippen LogP contribution in [-0.4, -0.2) is 52.0 Å². The van der Waals surface area contributed by atoms with Gasteiger partial charge < -0.3 is 0 Å². The fraction of sp³-hybridized carbons (Fsp3) is 0. The molecule has 0 saturated carbocycles. The Balaban J connectivity index is 2.32. The first-order chi connectivity index (χ1) is 1.73. The molecule has 0 radical (unpaired) electrons. The first kappa shape index (κ1) is 5.59. The maximum absolute atomic E-state index is 2.56. The summed E-state index contributed by atoms with van der Waals surface area (Å²) in [4.78, 5) is 0. The molecule has 0 unspecified atom stereocenters. The Morgan fingerprint density at radius 2 is 1.00 bits per heavy atom. The summed E-state index contributed by atoms with van der Waals surface area (Å²) in [5, 5.41) is 0. The van der Waals surface area contributed by atoms with Crippen molar-refractivity contribution in [2.45, 2.75) is 0 Å². The molecule has 0 heterocycles. The summed E-state index contributed by atoms with van der Waals surface area (Å²) in [6.07, 6.45) is 0. The van der Waals surface area contributed by atoms with Gasteiger partial charge in [0.25, 0.3) is 0 Å². The van der Waals surface area contributed by atoms with Gasteiger partial charge in [-0.2, -0.15) is 0 Å². The minimum atomic E-state index is 1.06. The molecule has 0 fully saturated rings. The zero-order valence-corrected chi connectivity index (χ0v) is 16.0. The molecule has 4 heavy (non-hydrogen) atoms. The number of hydrogen-bond donors (Lipinski definition) is 0. The van der Waals surface area contributed by atoms with Crippen LogP contribution in [0.5, 0.6) is 0 Å². The van der Waals surface area contributed by atoms with Gasteiger partial charge in [-0.1, -0.05) is 0 Å². The molecule has 0 aromatic carbocycles. The first-order valence-electron chi connectivity index (χ1n) is 1.34. The molecule has 0 bridgehead atoms.